The van der Waals surface area contributed by atoms with Crippen molar-refractivity contribution in [3.8, 4) is 0 Å². The Morgan fingerprint density at radius 2 is 1.95 bits per heavy atom. The van der Waals surface area contributed by atoms with Crippen molar-refractivity contribution in [2.75, 3.05) is 26.2 Å². The first-order valence-electron chi connectivity index (χ1n) is 8.43. The Balaban J connectivity index is 1.60. The molecular weight excluding hydrogens is 279 g/mol. The minimum absolute atomic E-state index is 0.147. The fourth-order valence-electron chi connectivity index (χ4n) is 2.93. The Bertz CT molecular complexity index is 484. The second-order valence-corrected chi connectivity index (χ2v) is 6.20. The minimum atomic E-state index is -0.451. The van der Waals surface area contributed by atoms with Gasteiger partial charge in [0, 0.05) is 6.54 Å². The standard InChI is InChI=1S/C18H27FN2O/c1-15-8-9-17(19)16(14-15)18(22)20-10-4-2-5-11-21-12-6-3-7-13-21/h8-9,14H,2-7,10-13H2,1H3,(H,20,22). The second-order valence-electron chi connectivity index (χ2n) is 6.20. The van der Waals surface area contributed by atoms with Crippen molar-refractivity contribution in [2.45, 2.75) is 45.4 Å². The average Bonchev–Trinajstić information content (AvgIpc) is 2.54. The summed E-state index contributed by atoms with van der Waals surface area (Å²) in [7, 11) is 0. The predicted octanol–water partition coefficient (Wildman–Crippen LogP) is 3.52. The zero-order chi connectivity index (χ0) is 15.8. The third-order valence-electron chi connectivity index (χ3n) is 4.25. The lowest BCUT2D eigenvalue weighted by Gasteiger charge is -2.26. The number of halogens is 1. The molecule has 1 aliphatic heterocycles. The Kier molecular flexibility index (Phi) is 6.84. The van der Waals surface area contributed by atoms with Gasteiger partial charge in [-0.2, -0.15) is 0 Å². The van der Waals surface area contributed by atoms with Gasteiger partial charge in [-0.3, -0.25) is 4.79 Å². The van der Waals surface area contributed by atoms with Crippen LogP contribution in [0.4, 0.5) is 4.39 Å². The van der Waals surface area contributed by atoms with Gasteiger partial charge >= 0.3 is 0 Å². The van der Waals surface area contributed by atoms with E-state index in [1.165, 1.54) is 51.4 Å². The van der Waals surface area contributed by atoms with Gasteiger partial charge < -0.3 is 10.2 Å². The molecule has 0 radical (unpaired) electrons. The highest BCUT2D eigenvalue weighted by Gasteiger charge is 2.11. The molecule has 1 aliphatic rings. The lowest BCUT2D eigenvalue weighted by atomic mass is 10.1. The summed E-state index contributed by atoms with van der Waals surface area (Å²) in [6.07, 6.45) is 7.27. The number of rotatable bonds is 7. The van der Waals surface area contributed by atoms with Gasteiger partial charge in [-0.25, -0.2) is 4.39 Å². The Morgan fingerprint density at radius 1 is 1.18 bits per heavy atom. The van der Waals surface area contributed by atoms with Gasteiger partial charge in [0.05, 0.1) is 5.56 Å². The molecule has 0 aliphatic carbocycles. The number of hydrogen-bond acceptors (Lipinski definition) is 2. The lowest BCUT2D eigenvalue weighted by Crippen LogP contribution is -2.30. The first-order chi connectivity index (χ1) is 10.7. The van der Waals surface area contributed by atoms with Gasteiger partial charge in [0.1, 0.15) is 5.82 Å². The summed E-state index contributed by atoms with van der Waals surface area (Å²) in [5.74, 6) is -0.759. The molecule has 0 atom stereocenters. The van der Waals surface area contributed by atoms with Gasteiger partial charge in [0.15, 0.2) is 0 Å². The third kappa shape index (κ3) is 5.41. The summed E-state index contributed by atoms with van der Waals surface area (Å²) in [6.45, 7) is 6.12. The van der Waals surface area contributed by atoms with Gasteiger partial charge in [-0.15, -0.1) is 0 Å². The van der Waals surface area contributed by atoms with Crippen LogP contribution in [-0.2, 0) is 0 Å². The number of nitrogens with zero attached hydrogens (tertiary/aromatic N) is 1. The number of aryl methyl sites for hydroxylation is 1. The number of hydrogen-bond donors (Lipinski definition) is 1. The van der Waals surface area contributed by atoms with E-state index >= 15 is 0 Å². The highest BCUT2D eigenvalue weighted by molar-refractivity contribution is 5.94. The van der Waals surface area contributed by atoms with E-state index in [0.717, 1.165) is 18.4 Å². The number of piperidine rings is 1. The molecular formula is C18H27FN2O. The van der Waals surface area contributed by atoms with Gasteiger partial charge in [-0.05, 0) is 64.4 Å². The fourth-order valence-corrected chi connectivity index (χ4v) is 2.93. The largest absolute Gasteiger partial charge is 0.352 e. The van der Waals surface area contributed by atoms with Crippen LogP contribution in [0.15, 0.2) is 18.2 Å². The maximum absolute atomic E-state index is 13.6. The van der Waals surface area contributed by atoms with Crippen LogP contribution in [-0.4, -0.2) is 37.0 Å². The predicted molar refractivity (Wildman–Crippen MR) is 87.6 cm³/mol. The van der Waals surface area contributed by atoms with Crippen molar-refractivity contribution in [1.82, 2.24) is 10.2 Å². The Morgan fingerprint density at radius 3 is 2.73 bits per heavy atom. The molecule has 1 saturated heterocycles. The van der Waals surface area contributed by atoms with Crippen LogP contribution in [0.5, 0.6) is 0 Å². The molecule has 122 valence electrons. The van der Waals surface area contributed by atoms with Crippen LogP contribution in [0.2, 0.25) is 0 Å². The summed E-state index contributed by atoms with van der Waals surface area (Å²) < 4.78 is 13.6. The third-order valence-corrected chi connectivity index (χ3v) is 4.25. The van der Waals surface area contributed by atoms with Crippen molar-refractivity contribution in [3.63, 3.8) is 0 Å². The zero-order valence-electron chi connectivity index (χ0n) is 13.5. The molecule has 1 N–H and O–H groups in total. The average molecular weight is 306 g/mol. The van der Waals surface area contributed by atoms with Crippen molar-refractivity contribution in [2.24, 2.45) is 0 Å². The molecule has 0 saturated carbocycles. The molecule has 1 fully saturated rings. The van der Waals surface area contributed by atoms with Crippen molar-refractivity contribution in [3.05, 3.63) is 35.1 Å². The molecule has 1 aromatic rings. The molecule has 1 heterocycles. The monoisotopic (exact) mass is 306 g/mol. The fraction of sp³-hybridized carbons (Fsp3) is 0.611. The molecule has 4 heteroatoms. The SMILES string of the molecule is Cc1ccc(F)c(C(=O)NCCCCCN2CCCCC2)c1. The number of carbonyl (C=O) groups is 1. The van der Waals surface area contributed by atoms with E-state index in [1.807, 2.05) is 6.92 Å². The smallest absolute Gasteiger partial charge is 0.254 e. The van der Waals surface area contributed by atoms with E-state index in [0.29, 0.717) is 6.54 Å². The van der Waals surface area contributed by atoms with Gasteiger partial charge in [0.25, 0.3) is 5.91 Å². The highest BCUT2D eigenvalue weighted by atomic mass is 19.1. The Hall–Kier alpha value is -1.42. The lowest BCUT2D eigenvalue weighted by molar-refractivity contribution is 0.0948. The van der Waals surface area contributed by atoms with Crippen LogP contribution in [0, 0.1) is 12.7 Å². The first-order valence-corrected chi connectivity index (χ1v) is 8.43. The molecule has 3 nitrogen and oxygen atoms in total. The van der Waals surface area contributed by atoms with Crippen LogP contribution < -0.4 is 5.32 Å². The van der Waals surface area contributed by atoms with Crippen molar-refractivity contribution >= 4 is 5.91 Å². The van der Waals surface area contributed by atoms with Crippen LogP contribution >= 0.6 is 0 Å². The highest BCUT2D eigenvalue weighted by Crippen LogP contribution is 2.11. The summed E-state index contributed by atoms with van der Waals surface area (Å²) in [5.41, 5.74) is 1.04. The minimum Gasteiger partial charge on any atom is -0.352 e. The Labute approximate surface area is 132 Å². The molecule has 0 spiro atoms. The summed E-state index contributed by atoms with van der Waals surface area (Å²) in [6, 6.07) is 4.62. The number of carbonyl (C=O) groups excluding carboxylic acids is 1. The van der Waals surface area contributed by atoms with Crippen molar-refractivity contribution < 1.29 is 9.18 Å². The first kappa shape index (κ1) is 16.9. The van der Waals surface area contributed by atoms with Crippen LogP contribution in [0.3, 0.4) is 0 Å². The number of amides is 1. The maximum atomic E-state index is 13.6. The summed E-state index contributed by atoms with van der Waals surface area (Å²) >= 11 is 0. The zero-order valence-corrected chi connectivity index (χ0v) is 13.5. The van der Waals surface area contributed by atoms with E-state index in [-0.39, 0.29) is 11.5 Å². The van der Waals surface area contributed by atoms with Gasteiger partial charge in [0.2, 0.25) is 0 Å². The summed E-state index contributed by atoms with van der Waals surface area (Å²) in [4.78, 5) is 14.5. The molecule has 0 aromatic heterocycles. The number of benzene rings is 1. The van der Waals surface area contributed by atoms with E-state index in [9.17, 15) is 9.18 Å². The summed E-state index contributed by atoms with van der Waals surface area (Å²) in [5, 5.41) is 2.81. The molecule has 0 unspecified atom stereocenters. The van der Waals surface area contributed by atoms with E-state index in [2.05, 4.69) is 10.2 Å². The molecule has 1 aromatic carbocycles. The van der Waals surface area contributed by atoms with E-state index in [4.69, 9.17) is 0 Å². The molecule has 2 rings (SSSR count). The topological polar surface area (TPSA) is 32.3 Å². The van der Waals surface area contributed by atoms with Crippen LogP contribution in [0.25, 0.3) is 0 Å². The number of nitrogens with one attached hydrogen (secondary N) is 1. The molecule has 0 bridgehead atoms. The molecule has 1 amide bonds. The normalized spacial score (nSPS) is 15.7. The van der Waals surface area contributed by atoms with E-state index < -0.39 is 5.82 Å². The molecule has 22 heavy (non-hydrogen) atoms. The number of likely N-dealkylation sites (tertiary alicyclic amines) is 1. The maximum Gasteiger partial charge on any atom is 0.254 e. The number of unbranched alkanes of at least 4 members (excludes halogenated alkanes) is 2. The second kappa shape index (κ2) is 8.89. The van der Waals surface area contributed by atoms with Gasteiger partial charge in [-0.1, -0.05) is 24.5 Å². The van der Waals surface area contributed by atoms with E-state index in [1.54, 1.807) is 12.1 Å². The van der Waals surface area contributed by atoms with Crippen molar-refractivity contribution in [1.29, 1.82) is 0 Å². The quantitative estimate of drug-likeness (QED) is 0.782. The van der Waals surface area contributed by atoms with Crippen LogP contribution in [0.1, 0.15) is 54.4 Å².